The molecule has 0 saturated heterocycles. The van der Waals surface area contributed by atoms with Crippen LogP contribution in [0.3, 0.4) is 0 Å². The number of ketones is 1. The van der Waals surface area contributed by atoms with Gasteiger partial charge in [0, 0.05) is 11.4 Å². The van der Waals surface area contributed by atoms with Crippen molar-refractivity contribution in [3.8, 4) is 5.75 Å². The Morgan fingerprint density at radius 1 is 1.39 bits per heavy atom. The van der Waals surface area contributed by atoms with Crippen molar-refractivity contribution in [2.45, 2.75) is 46.5 Å². The van der Waals surface area contributed by atoms with E-state index in [2.05, 4.69) is 13.8 Å². The fourth-order valence-corrected chi connectivity index (χ4v) is 1.92. The Kier molecular flexibility index (Phi) is 5.67. The van der Waals surface area contributed by atoms with E-state index in [0.29, 0.717) is 18.9 Å². The van der Waals surface area contributed by atoms with Crippen molar-refractivity contribution < 1.29 is 9.53 Å². The first-order chi connectivity index (χ1) is 8.41. The number of Topliss-reactive ketones (excluding diaryl/α,β-unsaturated/α-hetero) is 1. The van der Waals surface area contributed by atoms with Crippen molar-refractivity contribution in [3.05, 3.63) is 28.3 Å². The molecule has 0 spiro atoms. The highest BCUT2D eigenvalue weighted by Gasteiger charge is 2.11. The number of carbonyl (C=O) groups is 1. The Balaban J connectivity index is 2.74. The summed E-state index contributed by atoms with van der Waals surface area (Å²) in [6.07, 6.45) is 1.33. The first-order valence-corrected chi connectivity index (χ1v) is 6.72. The molecule has 3 heteroatoms. The minimum Gasteiger partial charge on any atom is -0.493 e. The van der Waals surface area contributed by atoms with E-state index in [0.717, 1.165) is 28.3 Å². The maximum absolute atomic E-state index is 10.9. The molecule has 0 aliphatic heterocycles. The van der Waals surface area contributed by atoms with Gasteiger partial charge in [-0.3, -0.25) is 0 Å². The zero-order chi connectivity index (χ0) is 13.7. The van der Waals surface area contributed by atoms with Crippen LogP contribution >= 0.6 is 11.6 Å². The highest BCUT2D eigenvalue weighted by atomic mass is 35.5. The second kappa shape index (κ2) is 6.79. The summed E-state index contributed by atoms with van der Waals surface area (Å²) in [7, 11) is 0. The molecule has 0 bridgehead atoms. The molecule has 0 atom stereocenters. The molecule has 0 N–H and O–H groups in total. The van der Waals surface area contributed by atoms with E-state index in [-0.39, 0.29) is 5.78 Å². The van der Waals surface area contributed by atoms with Gasteiger partial charge in [-0.25, -0.2) is 0 Å². The molecule has 0 heterocycles. The molecule has 0 aliphatic carbocycles. The molecule has 0 aromatic heterocycles. The molecular formula is C15H21ClO2. The number of rotatable bonds is 6. The topological polar surface area (TPSA) is 26.3 Å². The van der Waals surface area contributed by atoms with E-state index >= 15 is 0 Å². The van der Waals surface area contributed by atoms with Crippen LogP contribution < -0.4 is 4.74 Å². The first-order valence-electron chi connectivity index (χ1n) is 6.34. The van der Waals surface area contributed by atoms with Crippen LogP contribution in [0.1, 0.15) is 50.7 Å². The van der Waals surface area contributed by atoms with Gasteiger partial charge >= 0.3 is 0 Å². The predicted octanol–water partition coefficient (Wildman–Crippen LogP) is 4.52. The summed E-state index contributed by atoms with van der Waals surface area (Å²) in [5.74, 6) is 1.45. The van der Waals surface area contributed by atoms with Crippen LogP contribution in [0.25, 0.3) is 0 Å². The molecule has 1 aromatic rings. The average Bonchev–Trinajstić information content (AvgIpc) is 2.28. The quantitative estimate of drug-likeness (QED) is 0.709. The van der Waals surface area contributed by atoms with Gasteiger partial charge in [0.2, 0.25) is 0 Å². The predicted molar refractivity (Wildman–Crippen MR) is 75.7 cm³/mol. The summed E-state index contributed by atoms with van der Waals surface area (Å²) >= 11 is 6.13. The lowest BCUT2D eigenvalue weighted by molar-refractivity contribution is -0.117. The number of carbonyl (C=O) groups excluding carboxylic acids is 1. The van der Waals surface area contributed by atoms with E-state index < -0.39 is 0 Å². The lowest BCUT2D eigenvalue weighted by Gasteiger charge is -2.15. The fourth-order valence-electron chi connectivity index (χ4n) is 1.75. The van der Waals surface area contributed by atoms with Crippen LogP contribution in [0.2, 0.25) is 5.02 Å². The molecule has 0 amide bonds. The van der Waals surface area contributed by atoms with Gasteiger partial charge in [-0.05, 0) is 49.4 Å². The van der Waals surface area contributed by atoms with Crippen molar-refractivity contribution in [1.82, 2.24) is 0 Å². The second-order valence-electron chi connectivity index (χ2n) is 4.95. The summed E-state index contributed by atoms with van der Waals surface area (Å²) in [6, 6.07) is 3.95. The first kappa shape index (κ1) is 15.0. The van der Waals surface area contributed by atoms with E-state index in [1.54, 1.807) is 6.92 Å². The smallest absolute Gasteiger partial charge is 0.129 e. The van der Waals surface area contributed by atoms with Crippen LogP contribution in [0.15, 0.2) is 12.1 Å². The molecule has 18 heavy (non-hydrogen) atoms. The van der Waals surface area contributed by atoms with Crippen LogP contribution in [-0.2, 0) is 4.79 Å². The van der Waals surface area contributed by atoms with Crippen molar-refractivity contribution in [2.75, 3.05) is 6.61 Å². The van der Waals surface area contributed by atoms with E-state index in [9.17, 15) is 4.79 Å². The minimum absolute atomic E-state index is 0.204. The van der Waals surface area contributed by atoms with Crippen molar-refractivity contribution in [3.63, 3.8) is 0 Å². The minimum atomic E-state index is 0.204. The van der Waals surface area contributed by atoms with Gasteiger partial charge in [0.1, 0.15) is 11.5 Å². The summed E-state index contributed by atoms with van der Waals surface area (Å²) in [6.45, 7) is 8.37. The molecule has 1 aromatic carbocycles. The maximum atomic E-state index is 10.9. The molecule has 2 nitrogen and oxygen atoms in total. The van der Waals surface area contributed by atoms with Crippen molar-refractivity contribution in [1.29, 1.82) is 0 Å². The van der Waals surface area contributed by atoms with E-state index in [4.69, 9.17) is 16.3 Å². The number of hydrogen-bond acceptors (Lipinski definition) is 2. The molecule has 100 valence electrons. The highest BCUT2D eigenvalue weighted by molar-refractivity contribution is 6.31. The van der Waals surface area contributed by atoms with E-state index in [1.165, 1.54) is 0 Å². The Labute approximate surface area is 114 Å². The number of hydrogen-bond donors (Lipinski definition) is 0. The number of benzene rings is 1. The summed E-state index contributed by atoms with van der Waals surface area (Å²) in [5, 5.41) is 0.773. The van der Waals surface area contributed by atoms with Crippen LogP contribution in [0, 0.1) is 6.92 Å². The Morgan fingerprint density at radius 2 is 2.06 bits per heavy atom. The average molecular weight is 269 g/mol. The van der Waals surface area contributed by atoms with Gasteiger partial charge in [0.05, 0.1) is 6.61 Å². The monoisotopic (exact) mass is 268 g/mol. The summed E-state index contributed by atoms with van der Waals surface area (Å²) < 4.78 is 5.77. The zero-order valence-corrected chi connectivity index (χ0v) is 12.3. The highest BCUT2D eigenvalue weighted by Crippen LogP contribution is 2.32. The fraction of sp³-hybridized carbons (Fsp3) is 0.533. The van der Waals surface area contributed by atoms with Gasteiger partial charge in [0.15, 0.2) is 0 Å². The zero-order valence-electron chi connectivity index (χ0n) is 11.5. The Morgan fingerprint density at radius 3 is 2.61 bits per heavy atom. The van der Waals surface area contributed by atoms with Gasteiger partial charge in [0.25, 0.3) is 0 Å². The van der Waals surface area contributed by atoms with Crippen molar-refractivity contribution >= 4 is 17.4 Å². The standard InChI is InChI=1S/C15H21ClO2/c1-10(2)13-9-14(16)11(3)8-15(13)18-7-5-6-12(4)17/h8-10H,5-7H2,1-4H3. The number of ether oxygens (including phenoxy) is 1. The molecule has 0 radical (unpaired) electrons. The lowest BCUT2D eigenvalue weighted by Crippen LogP contribution is -2.04. The van der Waals surface area contributed by atoms with Crippen LogP contribution in [0.5, 0.6) is 5.75 Å². The van der Waals surface area contributed by atoms with Gasteiger partial charge in [-0.2, -0.15) is 0 Å². The molecule has 0 aliphatic rings. The van der Waals surface area contributed by atoms with Crippen LogP contribution in [-0.4, -0.2) is 12.4 Å². The molecule has 0 unspecified atom stereocenters. The largest absolute Gasteiger partial charge is 0.493 e. The summed E-state index contributed by atoms with van der Waals surface area (Å²) in [4.78, 5) is 10.9. The van der Waals surface area contributed by atoms with Crippen LogP contribution in [0.4, 0.5) is 0 Å². The molecule has 0 saturated carbocycles. The second-order valence-corrected chi connectivity index (χ2v) is 5.36. The van der Waals surface area contributed by atoms with Gasteiger partial charge < -0.3 is 9.53 Å². The van der Waals surface area contributed by atoms with Gasteiger partial charge in [-0.15, -0.1) is 0 Å². The molecule has 1 rings (SSSR count). The number of aryl methyl sites for hydroxylation is 1. The van der Waals surface area contributed by atoms with Gasteiger partial charge in [-0.1, -0.05) is 25.4 Å². The maximum Gasteiger partial charge on any atom is 0.129 e. The normalized spacial score (nSPS) is 10.8. The lowest BCUT2D eigenvalue weighted by atomic mass is 10.0. The molecular weight excluding hydrogens is 248 g/mol. The summed E-state index contributed by atoms with van der Waals surface area (Å²) in [5.41, 5.74) is 2.14. The third-order valence-electron chi connectivity index (χ3n) is 2.84. The SMILES string of the molecule is CC(=O)CCCOc1cc(C)c(Cl)cc1C(C)C. The van der Waals surface area contributed by atoms with Crippen molar-refractivity contribution in [2.24, 2.45) is 0 Å². The van der Waals surface area contributed by atoms with E-state index in [1.807, 2.05) is 19.1 Å². The third kappa shape index (κ3) is 4.34. The number of halogens is 1. The Hall–Kier alpha value is -1.02. The Bertz CT molecular complexity index is 425. The molecule has 0 fully saturated rings. The third-order valence-corrected chi connectivity index (χ3v) is 3.25.